The average molecular weight is 358 g/mol. The number of thiocarbonyl (C=S) groups is 1. The minimum Gasteiger partial charge on any atom is -0.346 e. The van der Waals surface area contributed by atoms with Gasteiger partial charge in [-0.2, -0.15) is 5.10 Å². The molecule has 0 bridgehead atoms. The summed E-state index contributed by atoms with van der Waals surface area (Å²) >= 11 is 5.58. The number of aryl methyl sites for hydroxylation is 2. The van der Waals surface area contributed by atoms with Crippen LogP contribution in [-0.2, 0) is 13.1 Å². The molecule has 1 aliphatic rings. The highest BCUT2D eigenvalue weighted by atomic mass is 32.1. The standard InChI is InChI=1S/C19H27N5S/c1-4-24-16(3)17(13-20-24)14-22-9-11-23(12-10-22)19(25)21-18-7-5-15(2)6-8-18/h5-8,13H,4,9-12,14H2,1-3H3,(H,21,25). The quantitative estimate of drug-likeness (QED) is 0.851. The van der Waals surface area contributed by atoms with Crippen molar-refractivity contribution in [2.45, 2.75) is 33.9 Å². The van der Waals surface area contributed by atoms with Crippen molar-refractivity contribution in [3.63, 3.8) is 0 Å². The third-order valence-electron chi connectivity index (χ3n) is 4.86. The lowest BCUT2D eigenvalue weighted by atomic mass is 10.2. The van der Waals surface area contributed by atoms with E-state index in [0.29, 0.717) is 0 Å². The number of benzene rings is 1. The Morgan fingerprint density at radius 1 is 1.12 bits per heavy atom. The van der Waals surface area contributed by atoms with Crippen LogP contribution in [0.15, 0.2) is 30.5 Å². The summed E-state index contributed by atoms with van der Waals surface area (Å²) in [6.07, 6.45) is 2.01. The van der Waals surface area contributed by atoms with Gasteiger partial charge in [-0.05, 0) is 45.1 Å². The van der Waals surface area contributed by atoms with Gasteiger partial charge >= 0.3 is 0 Å². The Morgan fingerprint density at radius 3 is 2.40 bits per heavy atom. The van der Waals surface area contributed by atoms with Gasteiger partial charge in [-0.1, -0.05) is 17.7 Å². The highest BCUT2D eigenvalue weighted by Gasteiger charge is 2.20. The lowest BCUT2D eigenvalue weighted by Gasteiger charge is -2.36. The van der Waals surface area contributed by atoms with Crippen molar-refractivity contribution in [1.82, 2.24) is 19.6 Å². The number of hydrogen-bond donors (Lipinski definition) is 1. The first kappa shape index (κ1) is 17.9. The zero-order chi connectivity index (χ0) is 17.8. The summed E-state index contributed by atoms with van der Waals surface area (Å²) in [4.78, 5) is 4.74. The summed E-state index contributed by atoms with van der Waals surface area (Å²) in [5, 5.41) is 8.61. The summed E-state index contributed by atoms with van der Waals surface area (Å²) in [7, 11) is 0. The zero-order valence-corrected chi connectivity index (χ0v) is 16.1. The van der Waals surface area contributed by atoms with Crippen LogP contribution in [0.1, 0.15) is 23.7 Å². The van der Waals surface area contributed by atoms with Crippen LogP contribution in [0, 0.1) is 13.8 Å². The summed E-state index contributed by atoms with van der Waals surface area (Å²) in [5.74, 6) is 0. The highest BCUT2D eigenvalue weighted by Crippen LogP contribution is 2.14. The van der Waals surface area contributed by atoms with Crippen molar-refractivity contribution >= 4 is 23.0 Å². The first-order chi connectivity index (χ1) is 12.1. The second-order valence-electron chi connectivity index (χ2n) is 6.63. The molecule has 25 heavy (non-hydrogen) atoms. The highest BCUT2D eigenvalue weighted by molar-refractivity contribution is 7.80. The fourth-order valence-electron chi connectivity index (χ4n) is 3.15. The molecule has 0 radical (unpaired) electrons. The second kappa shape index (κ2) is 7.97. The van der Waals surface area contributed by atoms with E-state index in [0.717, 1.165) is 50.1 Å². The van der Waals surface area contributed by atoms with E-state index in [1.807, 2.05) is 6.20 Å². The molecule has 1 aromatic heterocycles. The van der Waals surface area contributed by atoms with Gasteiger partial charge in [-0.25, -0.2) is 0 Å². The Labute approximate surface area is 155 Å². The van der Waals surface area contributed by atoms with Gasteiger partial charge in [0.1, 0.15) is 0 Å². The molecule has 0 atom stereocenters. The second-order valence-corrected chi connectivity index (χ2v) is 7.02. The van der Waals surface area contributed by atoms with Crippen LogP contribution in [0.4, 0.5) is 5.69 Å². The van der Waals surface area contributed by atoms with Gasteiger partial charge < -0.3 is 10.2 Å². The smallest absolute Gasteiger partial charge is 0.173 e. The molecule has 2 heterocycles. The molecular formula is C19H27N5S. The van der Waals surface area contributed by atoms with Gasteiger partial charge in [0, 0.05) is 56.2 Å². The maximum atomic E-state index is 5.58. The number of nitrogens with one attached hydrogen (secondary N) is 1. The van der Waals surface area contributed by atoms with Crippen molar-refractivity contribution in [3.05, 3.63) is 47.3 Å². The molecule has 3 rings (SSSR count). The number of nitrogens with zero attached hydrogens (tertiary/aromatic N) is 4. The first-order valence-corrected chi connectivity index (χ1v) is 9.34. The molecule has 6 heteroatoms. The van der Waals surface area contributed by atoms with Crippen LogP contribution in [-0.4, -0.2) is 50.9 Å². The third kappa shape index (κ3) is 4.38. The third-order valence-corrected chi connectivity index (χ3v) is 5.22. The molecule has 0 aliphatic carbocycles. The number of rotatable bonds is 4. The largest absolute Gasteiger partial charge is 0.346 e. The van der Waals surface area contributed by atoms with Crippen LogP contribution >= 0.6 is 12.2 Å². The lowest BCUT2D eigenvalue weighted by molar-refractivity contribution is 0.176. The van der Waals surface area contributed by atoms with Gasteiger partial charge in [0.15, 0.2) is 5.11 Å². The maximum Gasteiger partial charge on any atom is 0.173 e. The van der Waals surface area contributed by atoms with Crippen LogP contribution in [0.3, 0.4) is 0 Å². The minimum absolute atomic E-state index is 0.818. The van der Waals surface area contributed by atoms with E-state index in [9.17, 15) is 0 Å². The number of aromatic nitrogens is 2. The Kier molecular flexibility index (Phi) is 5.71. The minimum atomic E-state index is 0.818. The molecule has 2 aromatic rings. The number of piperazine rings is 1. The van der Waals surface area contributed by atoms with E-state index < -0.39 is 0 Å². The summed E-state index contributed by atoms with van der Waals surface area (Å²) < 4.78 is 2.06. The molecule has 1 fully saturated rings. The van der Waals surface area contributed by atoms with Crippen molar-refractivity contribution in [3.8, 4) is 0 Å². The zero-order valence-electron chi connectivity index (χ0n) is 15.3. The van der Waals surface area contributed by atoms with E-state index >= 15 is 0 Å². The molecule has 1 saturated heterocycles. The monoisotopic (exact) mass is 357 g/mol. The van der Waals surface area contributed by atoms with Crippen LogP contribution < -0.4 is 5.32 Å². The molecule has 0 unspecified atom stereocenters. The molecular weight excluding hydrogens is 330 g/mol. The molecule has 0 amide bonds. The summed E-state index contributed by atoms with van der Waals surface area (Å²) in [6, 6.07) is 8.35. The van der Waals surface area contributed by atoms with E-state index in [-0.39, 0.29) is 0 Å². The average Bonchev–Trinajstić information content (AvgIpc) is 2.97. The topological polar surface area (TPSA) is 36.3 Å². The Bertz CT molecular complexity index is 714. The fourth-order valence-corrected chi connectivity index (χ4v) is 3.45. The predicted octanol–water partition coefficient (Wildman–Crippen LogP) is 3.03. The van der Waals surface area contributed by atoms with Crippen molar-refractivity contribution in [2.24, 2.45) is 0 Å². The van der Waals surface area contributed by atoms with Gasteiger partial charge in [0.2, 0.25) is 0 Å². The number of anilines is 1. The summed E-state index contributed by atoms with van der Waals surface area (Å²) in [5.41, 5.74) is 4.92. The first-order valence-electron chi connectivity index (χ1n) is 8.93. The SMILES string of the molecule is CCn1ncc(CN2CCN(C(=S)Nc3ccc(C)cc3)CC2)c1C. The van der Waals surface area contributed by atoms with Crippen molar-refractivity contribution in [2.75, 3.05) is 31.5 Å². The maximum absolute atomic E-state index is 5.58. The fraction of sp³-hybridized carbons (Fsp3) is 0.474. The predicted molar refractivity (Wildman–Crippen MR) is 107 cm³/mol. The van der Waals surface area contributed by atoms with E-state index in [4.69, 9.17) is 12.2 Å². The van der Waals surface area contributed by atoms with Crippen LogP contribution in [0.25, 0.3) is 0 Å². The van der Waals surface area contributed by atoms with Crippen molar-refractivity contribution in [1.29, 1.82) is 0 Å². The molecule has 1 aliphatic heterocycles. The lowest BCUT2D eigenvalue weighted by Crippen LogP contribution is -2.49. The van der Waals surface area contributed by atoms with Crippen molar-refractivity contribution < 1.29 is 0 Å². The molecule has 1 N–H and O–H groups in total. The van der Waals surface area contributed by atoms with E-state index in [2.05, 4.69) is 69.9 Å². The van der Waals surface area contributed by atoms with Crippen LogP contribution in [0.5, 0.6) is 0 Å². The number of hydrogen-bond acceptors (Lipinski definition) is 3. The Balaban J connectivity index is 1.50. The van der Waals surface area contributed by atoms with E-state index in [1.54, 1.807) is 0 Å². The molecule has 0 spiro atoms. The van der Waals surface area contributed by atoms with Gasteiger partial charge in [-0.3, -0.25) is 9.58 Å². The normalized spacial score (nSPS) is 15.4. The molecule has 1 aromatic carbocycles. The van der Waals surface area contributed by atoms with E-state index in [1.165, 1.54) is 16.8 Å². The molecule has 5 nitrogen and oxygen atoms in total. The Morgan fingerprint density at radius 2 is 1.80 bits per heavy atom. The van der Waals surface area contributed by atoms with Gasteiger partial charge in [-0.15, -0.1) is 0 Å². The Hall–Kier alpha value is -1.92. The molecule has 134 valence electrons. The van der Waals surface area contributed by atoms with Crippen LogP contribution in [0.2, 0.25) is 0 Å². The summed E-state index contributed by atoms with van der Waals surface area (Å²) in [6.45, 7) is 12.2. The molecule has 0 saturated carbocycles. The van der Waals surface area contributed by atoms with Gasteiger partial charge in [0.25, 0.3) is 0 Å². The van der Waals surface area contributed by atoms with Gasteiger partial charge in [0.05, 0.1) is 6.20 Å².